The number of aromatic nitrogens is 2. The van der Waals surface area contributed by atoms with Gasteiger partial charge in [0, 0.05) is 0 Å². The van der Waals surface area contributed by atoms with Gasteiger partial charge in [-0.1, -0.05) is 42.5 Å². The maximum absolute atomic E-state index is 13.7. The van der Waals surface area contributed by atoms with Gasteiger partial charge >= 0.3 is 0 Å². The van der Waals surface area contributed by atoms with Crippen LogP contribution in [0.5, 0.6) is 5.75 Å². The van der Waals surface area contributed by atoms with E-state index in [9.17, 15) is 9.18 Å². The fourth-order valence-corrected chi connectivity index (χ4v) is 3.06. The van der Waals surface area contributed by atoms with Crippen LogP contribution in [0.1, 0.15) is 29.7 Å². The zero-order valence-electron chi connectivity index (χ0n) is 13.8. The number of para-hydroxylation sites is 1. The number of benzene rings is 2. The number of carbonyl (C=O) groups excluding carboxylic acids is 1. The van der Waals surface area contributed by atoms with Gasteiger partial charge in [-0.2, -0.15) is 0 Å². The molecule has 0 saturated carbocycles. The van der Waals surface area contributed by atoms with E-state index in [0.29, 0.717) is 0 Å². The molecule has 134 valence electrons. The monoisotopic (exact) mass is 373 g/mol. The van der Waals surface area contributed by atoms with Crippen molar-refractivity contribution < 1.29 is 18.3 Å². The number of thioether (sulfide) groups is 1. The summed E-state index contributed by atoms with van der Waals surface area (Å²) in [7, 11) is 0. The molecule has 2 atom stereocenters. The second-order valence-electron chi connectivity index (χ2n) is 5.41. The molecule has 0 radical (unpaired) electrons. The van der Waals surface area contributed by atoms with Crippen molar-refractivity contribution in [2.24, 2.45) is 5.73 Å². The van der Waals surface area contributed by atoms with Crippen LogP contribution in [0.15, 0.2) is 64.2 Å². The molecule has 0 aliphatic heterocycles. The van der Waals surface area contributed by atoms with Crippen molar-refractivity contribution in [3.8, 4) is 5.75 Å². The highest BCUT2D eigenvalue weighted by Gasteiger charge is 2.24. The molecule has 0 spiro atoms. The Kier molecular flexibility index (Phi) is 5.52. The molecule has 2 aromatic carbocycles. The molecule has 1 heterocycles. The molecule has 8 heteroatoms. The number of rotatable bonds is 7. The minimum atomic E-state index is -0.660. The summed E-state index contributed by atoms with van der Waals surface area (Å²) < 4.78 is 24.7. The van der Waals surface area contributed by atoms with Gasteiger partial charge in [0.2, 0.25) is 5.91 Å². The number of amides is 1. The Hall–Kier alpha value is -2.87. The fourth-order valence-electron chi connectivity index (χ4n) is 2.23. The third-order valence-electron chi connectivity index (χ3n) is 3.49. The quantitative estimate of drug-likeness (QED) is 0.636. The standard InChI is InChI=1S/C18H16FN3O3S/c1-11(24-14-10-6-5-9-13(14)19)17-21-22-18(25-17)26-15(16(20)23)12-7-3-2-4-8-12/h2-11,15H,1H3,(H2,20,23)/t11-,15+/m0/s1. The van der Waals surface area contributed by atoms with Crippen molar-refractivity contribution in [1.82, 2.24) is 10.2 Å². The number of nitrogens with zero attached hydrogens (tertiary/aromatic N) is 2. The van der Waals surface area contributed by atoms with Crippen molar-refractivity contribution in [2.75, 3.05) is 0 Å². The Morgan fingerprint density at radius 3 is 2.54 bits per heavy atom. The molecule has 26 heavy (non-hydrogen) atoms. The fraction of sp³-hybridized carbons (Fsp3) is 0.167. The summed E-state index contributed by atoms with van der Waals surface area (Å²) in [4.78, 5) is 11.8. The van der Waals surface area contributed by atoms with Gasteiger partial charge in [-0.15, -0.1) is 10.2 Å². The summed E-state index contributed by atoms with van der Waals surface area (Å²) in [6, 6.07) is 15.1. The number of primary amides is 1. The lowest BCUT2D eigenvalue weighted by Gasteiger charge is -2.12. The molecular weight excluding hydrogens is 357 g/mol. The zero-order chi connectivity index (χ0) is 18.5. The van der Waals surface area contributed by atoms with Crippen LogP contribution >= 0.6 is 11.8 Å². The molecule has 0 aliphatic rings. The third kappa shape index (κ3) is 4.20. The van der Waals surface area contributed by atoms with Gasteiger partial charge in [-0.25, -0.2) is 4.39 Å². The van der Waals surface area contributed by atoms with Gasteiger partial charge in [-0.3, -0.25) is 4.79 Å². The summed E-state index contributed by atoms with van der Waals surface area (Å²) >= 11 is 1.05. The Labute approximate surface area is 153 Å². The first-order chi connectivity index (χ1) is 12.5. The van der Waals surface area contributed by atoms with Crippen LogP contribution in [0, 0.1) is 5.82 Å². The van der Waals surface area contributed by atoms with E-state index < -0.39 is 23.1 Å². The molecule has 0 unspecified atom stereocenters. The zero-order valence-corrected chi connectivity index (χ0v) is 14.7. The summed E-state index contributed by atoms with van der Waals surface area (Å²) in [5, 5.41) is 7.34. The lowest BCUT2D eigenvalue weighted by molar-refractivity contribution is -0.117. The van der Waals surface area contributed by atoms with Gasteiger partial charge in [0.25, 0.3) is 11.1 Å². The maximum atomic E-state index is 13.7. The molecule has 1 amide bonds. The van der Waals surface area contributed by atoms with E-state index >= 15 is 0 Å². The van der Waals surface area contributed by atoms with Crippen LogP contribution < -0.4 is 10.5 Å². The summed E-state index contributed by atoms with van der Waals surface area (Å²) in [6.07, 6.45) is -0.655. The van der Waals surface area contributed by atoms with E-state index in [4.69, 9.17) is 14.9 Å². The smallest absolute Gasteiger partial charge is 0.277 e. The molecule has 3 rings (SSSR count). The predicted molar refractivity (Wildman–Crippen MR) is 94.0 cm³/mol. The number of ether oxygens (including phenoxy) is 1. The van der Waals surface area contributed by atoms with E-state index in [2.05, 4.69) is 10.2 Å². The average molecular weight is 373 g/mol. The summed E-state index contributed by atoms with van der Waals surface area (Å²) in [5.41, 5.74) is 6.22. The molecule has 0 bridgehead atoms. The first-order valence-electron chi connectivity index (χ1n) is 7.80. The number of hydrogen-bond acceptors (Lipinski definition) is 6. The highest BCUT2D eigenvalue weighted by molar-refractivity contribution is 8.00. The summed E-state index contributed by atoms with van der Waals surface area (Å²) in [5.74, 6) is -0.735. The SMILES string of the molecule is C[C@H](Oc1ccccc1F)c1nnc(S[C@@H](C(N)=O)c2ccccc2)o1. The minimum absolute atomic E-state index is 0.0895. The molecular formula is C18H16FN3O3S. The molecule has 1 aromatic heterocycles. The number of halogens is 1. The van der Waals surface area contributed by atoms with E-state index in [1.165, 1.54) is 12.1 Å². The predicted octanol–water partition coefficient (Wildman–Crippen LogP) is 3.67. The van der Waals surface area contributed by atoms with E-state index in [1.807, 2.05) is 18.2 Å². The van der Waals surface area contributed by atoms with Crippen molar-refractivity contribution >= 4 is 17.7 Å². The van der Waals surface area contributed by atoms with Crippen LogP contribution in [0.3, 0.4) is 0 Å². The lowest BCUT2D eigenvalue weighted by atomic mass is 10.1. The second kappa shape index (κ2) is 8.01. The lowest BCUT2D eigenvalue weighted by Crippen LogP contribution is -2.18. The molecule has 0 fully saturated rings. The first kappa shape index (κ1) is 17.9. The van der Waals surface area contributed by atoms with E-state index in [0.717, 1.165) is 17.3 Å². The highest BCUT2D eigenvalue weighted by atomic mass is 32.2. The second-order valence-corrected chi connectivity index (χ2v) is 6.46. The molecule has 0 saturated heterocycles. The van der Waals surface area contributed by atoms with Crippen LogP contribution in [0.2, 0.25) is 0 Å². The van der Waals surface area contributed by atoms with Crippen LogP contribution in [0.25, 0.3) is 0 Å². The van der Waals surface area contributed by atoms with Crippen molar-refractivity contribution in [2.45, 2.75) is 23.5 Å². The normalized spacial score (nSPS) is 13.2. The van der Waals surface area contributed by atoms with Gasteiger partial charge in [0.1, 0.15) is 5.25 Å². The Bertz CT molecular complexity index is 888. The van der Waals surface area contributed by atoms with Gasteiger partial charge in [0.15, 0.2) is 17.7 Å². The first-order valence-corrected chi connectivity index (χ1v) is 8.68. The van der Waals surface area contributed by atoms with E-state index in [1.54, 1.807) is 31.2 Å². The third-order valence-corrected chi connectivity index (χ3v) is 4.60. The Morgan fingerprint density at radius 1 is 1.15 bits per heavy atom. The van der Waals surface area contributed by atoms with Crippen LogP contribution in [-0.4, -0.2) is 16.1 Å². The van der Waals surface area contributed by atoms with Crippen molar-refractivity contribution in [3.63, 3.8) is 0 Å². The number of nitrogens with two attached hydrogens (primary N) is 1. The van der Waals surface area contributed by atoms with Gasteiger partial charge in [0.05, 0.1) is 0 Å². The Balaban J connectivity index is 1.72. The topological polar surface area (TPSA) is 91.2 Å². The average Bonchev–Trinajstić information content (AvgIpc) is 3.11. The summed E-state index contributed by atoms with van der Waals surface area (Å²) in [6.45, 7) is 1.66. The van der Waals surface area contributed by atoms with Gasteiger partial charge in [-0.05, 0) is 36.4 Å². The Morgan fingerprint density at radius 2 is 1.85 bits per heavy atom. The number of hydrogen-bond donors (Lipinski definition) is 1. The number of carbonyl (C=O) groups is 1. The van der Waals surface area contributed by atoms with Crippen LogP contribution in [-0.2, 0) is 4.79 Å². The van der Waals surface area contributed by atoms with Crippen molar-refractivity contribution in [1.29, 1.82) is 0 Å². The van der Waals surface area contributed by atoms with Crippen LogP contribution in [0.4, 0.5) is 4.39 Å². The molecule has 0 aliphatic carbocycles. The maximum Gasteiger partial charge on any atom is 0.277 e. The molecule has 6 nitrogen and oxygen atoms in total. The molecule has 2 N–H and O–H groups in total. The highest BCUT2D eigenvalue weighted by Crippen LogP contribution is 2.35. The molecule has 3 aromatic rings. The van der Waals surface area contributed by atoms with Crippen molar-refractivity contribution in [3.05, 3.63) is 71.9 Å². The van der Waals surface area contributed by atoms with Gasteiger partial charge < -0.3 is 14.9 Å². The largest absolute Gasteiger partial charge is 0.478 e. The minimum Gasteiger partial charge on any atom is -0.478 e. The van der Waals surface area contributed by atoms with E-state index in [-0.39, 0.29) is 16.9 Å².